The van der Waals surface area contributed by atoms with Crippen molar-refractivity contribution in [3.05, 3.63) is 41.2 Å². The van der Waals surface area contributed by atoms with Gasteiger partial charge in [-0.3, -0.25) is 20.4 Å². The average molecular weight is 380 g/mol. The number of aromatic nitrogens is 1. The Morgan fingerprint density at radius 2 is 1.96 bits per heavy atom. The highest BCUT2D eigenvalue weighted by Crippen LogP contribution is 2.21. The van der Waals surface area contributed by atoms with Crippen molar-refractivity contribution < 1.29 is 23.5 Å². The molecule has 2 aromatic rings. The zero-order valence-corrected chi connectivity index (χ0v) is 14.6. The minimum Gasteiger partial charge on any atom is -0.484 e. The number of carbonyl (C=O) groups is 2. The van der Waals surface area contributed by atoms with Crippen LogP contribution in [0.5, 0.6) is 5.75 Å². The van der Waals surface area contributed by atoms with Gasteiger partial charge in [-0.15, -0.1) is 11.3 Å². The van der Waals surface area contributed by atoms with Crippen molar-refractivity contribution in [1.29, 1.82) is 0 Å². The lowest BCUT2D eigenvalue weighted by Gasteiger charge is -2.25. The van der Waals surface area contributed by atoms with Crippen LogP contribution in [0.25, 0.3) is 0 Å². The fourth-order valence-corrected chi connectivity index (χ4v) is 3.03. The minimum atomic E-state index is -0.550. The van der Waals surface area contributed by atoms with E-state index in [9.17, 15) is 14.0 Å². The molecule has 0 saturated carbocycles. The number of nitrogens with one attached hydrogen (secondary N) is 2. The molecule has 138 valence electrons. The second-order valence-corrected chi connectivity index (χ2v) is 6.20. The molecule has 0 spiro atoms. The number of rotatable bonds is 5. The van der Waals surface area contributed by atoms with Gasteiger partial charge in [-0.2, -0.15) is 0 Å². The maximum atomic E-state index is 12.8. The number of nitrogens with zero attached hydrogens (tertiary/aromatic N) is 2. The van der Waals surface area contributed by atoms with Gasteiger partial charge in [0.15, 0.2) is 11.7 Å². The average Bonchev–Trinajstić information content (AvgIpc) is 3.17. The van der Waals surface area contributed by atoms with Crippen LogP contribution in [0.2, 0.25) is 0 Å². The Morgan fingerprint density at radius 1 is 1.23 bits per heavy atom. The van der Waals surface area contributed by atoms with Crippen molar-refractivity contribution in [2.24, 2.45) is 0 Å². The van der Waals surface area contributed by atoms with E-state index < -0.39 is 17.6 Å². The van der Waals surface area contributed by atoms with Crippen LogP contribution in [0.3, 0.4) is 0 Å². The molecule has 0 atom stereocenters. The van der Waals surface area contributed by atoms with E-state index in [1.165, 1.54) is 35.6 Å². The van der Waals surface area contributed by atoms with Gasteiger partial charge < -0.3 is 14.4 Å². The Bertz CT molecular complexity index is 762. The molecule has 1 aliphatic rings. The van der Waals surface area contributed by atoms with Crippen LogP contribution in [0, 0.1) is 5.82 Å². The Hall–Kier alpha value is -2.72. The first-order valence-electron chi connectivity index (χ1n) is 7.87. The summed E-state index contributed by atoms with van der Waals surface area (Å²) in [6.07, 6.45) is 0. The number of morpholine rings is 1. The van der Waals surface area contributed by atoms with Gasteiger partial charge in [0.25, 0.3) is 11.8 Å². The quantitative estimate of drug-likeness (QED) is 0.751. The van der Waals surface area contributed by atoms with E-state index >= 15 is 0 Å². The standard InChI is InChI=1S/C16H17FN4O4S/c17-11-1-3-12(4-2-11)25-9-14(22)19-20-15(23)13-10-26-16(18-13)21-5-7-24-8-6-21/h1-4,10H,5-9H2,(H,19,22)(H,20,23). The SMILES string of the molecule is O=C(COc1ccc(F)cc1)NNC(=O)c1csc(N2CCOCC2)n1. The largest absolute Gasteiger partial charge is 0.484 e. The third-order valence-corrected chi connectivity index (χ3v) is 4.41. The van der Waals surface area contributed by atoms with Crippen LogP contribution < -0.4 is 20.5 Å². The van der Waals surface area contributed by atoms with Crippen LogP contribution in [-0.4, -0.2) is 49.7 Å². The van der Waals surface area contributed by atoms with Gasteiger partial charge in [0, 0.05) is 18.5 Å². The fourth-order valence-electron chi connectivity index (χ4n) is 2.17. The summed E-state index contributed by atoms with van der Waals surface area (Å²) in [7, 11) is 0. The second kappa shape index (κ2) is 8.59. The summed E-state index contributed by atoms with van der Waals surface area (Å²) in [6.45, 7) is 2.40. The van der Waals surface area contributed by atoms with E-state index in [1.54, 1.807) is 5.38 Å². The molecule has 8 nitrogen and oxygen atoms in total. The number of hydrogen-bond donors (Lipinski definition) is 2. The van der Waals surface area contributed by atoms with Gasteiger partial charge in [0.05, 0.1) is 13.2 Å². The number of hydrazine groups is 1. The van der Waals surface area contributed by atoms with E-state index in [1.807, 2.05) is 4.90 Å². The van der Waals surface area contributed by atoms with Crippen molar-refractivity contribution in [3.8, 4) is 5.75 Å². The van der Waals surface area contributed by atoms with Crippen LogP contribution >= 0.6 is 11.3 Å². The van der Waals surface area contributed by atoms with Gasteiger partial charge >= 0.3 is 0 Å². The third kappa shape index (κ3) is 4.90. The molecule has 1 aromatic heterocycles. The first-order valence-corrected chi connectivity index (χ1v) is 8.75. The molecule has 0 radical (unpaired) electrons. The van der Waals surface area contributed by atoms with E-state index in [0.717, 1.165) is 18.2 Å². The first kappa shape index (κ1) is 18.1. The second-order valence-electron chi connectivity index (χ2n) is 5.36. The Morgan fingerprint density at radius 3 is 2.69 bits per heavy atom. The van der Waals surface area contributed by atoms with Crippen LogP contribution in [0.1, 0.15) is 10.5 Å². The van der Waals surface area contributed by atoms with Gasteiger partial charge in [-0.1, -0.05) is 0 Å². The summed E-state index contributed by atoms with van der Waals surface area (Å²) in [6, 6.07) is 5.26. The molecule has 10 heteroatoms. The maximum Gasteiger partial charge on any atom is 0.289 e. The normalized spacial score (nSPS) is 14.0. The monoisotopic (exact) mass is 380 g/mol. The number of amides is 2. The van der Waals surface area contributed by atoms with Gasteiger partial charge in [-0.25, -0.2) is 9.37 Å². The summed E-state index contributed by atoms with van der Waals surface area (Å²) >= 11 is 1.36. The minimum absolute atomic E-state index is 0.219. The molecule has 2 heterocycles. The topological polar surface area (TPSA) is 92.8 Å². The summed E-state index contributed by atoms with van der Waals surface area (Å²) in [4.78, 5) is 30.1. The van der Waals surface area contributed by atoms with Crippen molar-refractivity contribution in [2.75, 3.05) is 37.8 Å². The number of ether oxygens (including phenoxy) is 2. The number of halogens is 1. The van der Waals surface area contributed by atoms with Crippen molar-refractivity contribution >= 4 is 28.3 Å². The molecule has 26 heavy (non-hydrogen) atoms. The highest BCUT2D eigenvalue weighted by Gasteiger charge is 2.17. The maximum absolute atomic E-state index is 12.8. The number of anilines is 1. The summed E-state index contributed by atoms with van der Waals surface area (Å²) in [5, 5.41) is 2.37. The fraction of sp³-hybridized carbons (Fsp3) is 0.312. The molecule has 3 rings (SSSR count). The zero-order chi connectivity index (χ0) is 18.4. The lowest BCUT2D eigenvalue weighted by Crippen LogP contribution is -2.44. The van der Waals surface area contributed by atoms with Crippen molar-refractivity contribution in [3.63, 3.8) is 0 Å². The van der Waals surface area contributed by atoms with Crippen molar-refractivity contribution in [2.45, 2.75) is 0 Å². The molecule has 0 unspecified atom stereocenters. The smallest absolute Gasteiger partial charge is 0.289 e. The third-order valence-electron chi connectivity index (χ3n) is 3.51. The number of thiazole rings is 1. The number of carbonyl (C=O) groups excluding carboxylic acids is 2. The van der Waals surface area contributed by atoms with Gasteiger partial charge in [0.2, 0.25) is 0 Å². The molecular weight excluding hydrogens is 363 g/mol. The van der Waals surface area contributed by atoms with Crippen LogP contribution in [0.4, 0.5) is 9.52 Å². The number of benzene rings is 1. The predicted octanol–water partition coefficient (Wildman–Crippen LogP) is 0.959. The summed E-state index contributed by atoms with van der Waals surface area (Å²) in [5.41, 5.74) is 4.75. The lowest BCUT2D eigenvalue weighted by molar-refractivity contribution is -0.123. The highest BCUT2D eigenvalue weighted by atomic mass is 32.1. The predicted molar refractivity (Wildman–Crippen MR) is 92.6 cm³/mol. The van der Waals surface area contributed by atoms with E-state index in [0.29, 0.717) is 19.0 Å². The summed E-state index contributed by atoms with van der Waals surface area (Å²) < 4.78 is 23.2. The molecule has 0 bridgehead atoms. The lowest BCUT2D eigenvalue weighted by atomic mass is 10.3. The Labute approximate surface area is 152 Å². The molecule has 1 saturated heterocycles. The molecule has 1 aromatic carbocycles. The Kier molecular flexibility index (Phi) is 5.97. The van der Waals surface area contributed by atoms with Gasteiger partial charge in [0.1, 0.15) is 17.3 Å². The molecule has 1 aliphatic heterocycles. The van der Waals surface area contributed by atoms with Crippen LogP contribution in [-0.2, 0) is 9.53 Å². The molecule has 2 N–H and O–H groups in total. The molecule has 2 amide bonds. The summed E-state index contributed by atoms with van der Waals surface area (Å²) in [5.74, 6) is -1.11. The molecule has 0 aliphatic carbocycles. The first-order chi connectivity index (χ1) is 12.6. The van der Waals surface area contributed by atoms with Gasteiger partial charge in [-0.05, 0) is 24.3 Å². The zero-order valence-electron chi connectivity index (χ0n) is 13.7. The number of hydrogen-bond acceptors (Lipinski definition) is 7. The molecule has 1 fully saturated rings. The van der Waals surface area contributed by atoms with E-state index in [4.69, 9.17) is 9.47 Å². The molecular formula is C16H17FN4O4S. The Balaban J connectivity index is 1.43. The van der Waals surface area contributed by atoms with Crippen molar-refractivity contribution in [1.82, 2.24) is 15.8 Å². The van der Waals surface area contributed by atoms with Crippen LogP contribution in [0.15, 0.2) is 29.6 Å². The highest BCUT2D eigenvalue weighted by molar-refractivity contribution is 7.13. The van der Waals surface area contributed by atoms with E-state index in [-0.39, 0.29) is 12.3 Å². The van der Waals surface area contributed by atoms with E-state index in [2.05, 4.69) is 15.8 Å².